The monoisotopic (exact) mass is 506 g/mol. The zero-order valence-electron chi connectivity index (χ0n) is 16.1. The summed E-state index contributed by atoms with van der Waals surface area (Å²) in [6, 6.07) is 13.2. The van der Waals surface area contributed by atoms with Gasteiger partial charge in [-0.15, -0.1) is 10.2 Å². The van der Waals surface area contributed by atoms with Gasteiger partial charge in [-0.2, -0.15) is 0 Å². The molecule has 156 valence electrons. The van der Waals surface area contributed by atoms with E-state index >= 15 is 0 Å². The third kappa shape index (κ3) is 5.17. The third-order valence-electron chi connectivity index (χ3n) is 4.76. The van der Waals surface area contributed by atoms with Crippen molar-refractivity contribution in [3.05, 3.63) is 52.0 Å². The van der Waals surface area contributed by atoms with E-state index in [4.69, 9.17) is 16.0 Å². The van der Waals surface area contributed by atoms with Gasteiger partial charge in [-0.3, -0.25) is 4.79 Å². The highest BCUT2D eigenvalue weighted by Gasteiger charge is 2.19. The maximum Gasteiger partial charge on any atom is 0.277 e. The highest BCUT2D eigenvalue weighted by atomic mass is 79.9. The predicted molar refractivity (Wildman–Crippen MR) is 124 cm³/mol. The number of nitrogens with one attached hydrogen (secondary N) is 1. The molecule has 6 nitrogen and oxygen atoms in total. The molecule has 0 aliphatic carbocycles. The number of rotatable bonds is 6. The molecule has 2 heterocycles. The lowest BCUT2D eigenvalue weighted by molar-refractivity contribution is -0.113. The van der Waals surface area contributed by atoms with E-state index in [0.29, 0.717) is 16.1 Å². The number of benzene rings is 2. The second-order valence-electron chi connectivity index (χ2n) is 6.90. The predicted octanol–water partition coefficient (Wildman–Crippen LogP) is 5.87. The van der Waals surface area contributed by atoms with Gasteiger partial charge in [0.15, 0.2) is 0 Å². The van der Waals surface area contributed by atoms with Crippen LogP contribution in [0.5, 0.6) is 0 Å². The fourth-order valence-corrected chi connectivity index (χ4v) is 4.47. The summed E-state index contributed by atoms with van der Waals surface area (Å²) < 4.78 is 6.64. The lowest BCUT2D eigenvalue weighted by Crippen LogP contribution is -2.30. The van der Waals surface area contributed by atoms with Crippen LogP contribution >= 0.6 is 39.3 Å². The van der Waals surface area contributed by atoms with E-state index in [1.54, 1.807) is 0 Å². The maximum atomic E-state index is 12.6. The zero-order valence-corrected chi connectivity index (χ0v) is 19.3. The van der Waals surface area contributed by atoms with Crippen LogP contribution in [0.2, 0.25) is 5.02 Å². The second kappa shape index (κ2) is 9.85. The number of anilines is 2. The van der Waals surface area contributed by atoms with Gasteiger partial charge in [0.2, 0.25) is 11.8 Å². The van der Waals surface area contributed by atoms with Gasteiger partial charge in [-0.1, -0.05) is 45.4 Å². The number of hydrogen-bond acceptors (Lipinski definition) is 6. The number of piperidine rings is 1. The number of carbonyl (C=O) groups excluding carboxylic acids is 1. The summed E-state index contributed by atoms with van der Waals surface area (Å²) in [6.07, 6.45) is 3.49. The van der Waals surface area contributed by atoms with E-state index in [1.807, 2.05) is 42.5 Å². The minimum Gasteiger partial charge on any atom is -0.411 e. The van der Waals surface area contributed by atoms with Crippen LogP contribution in [0.25, 0.3) is 11.5 Å². The number of hydrogen-bond donors (Lipinski definition) is 1. The Kier molecular flexibility index (Phi) is 6.97. The first-order valence-electron chi connectivity index (χ1n) is 9.66. The molecule has 4 rings (SSSR count). The number of halogens is 2. The van der Waals surface area contributed by atoms with Crippen LogP contribution in [0.4, 0.5) is 11.4 Å². The fraction of sp³-hybridized carbons (Fsp3) is 0.286. The van der Waals surface area contributed by atoms with Crippen LogP contribution in [0.15, 0.2) is 56.6 Å². The minimum atomic E-state index is -0.149. The molecule has 0 radical (unpaired) electrons. The van der Waals surface area contributed by atoms with E-state index in [9.17, 15) is 4.79 Å². The topological polar surface area (TPSA) is 71.3 Å². The number of aromatic nitrogens is 2. The van der Waals surface area contributed by atoms with Crippen LogP contribution in [0, 0.1) is 0 Å². The fourth-order valence-electron chi connectivity index (χ4n) is 3.35. The molecule has 0 atom stereocenters. The highest BCUT2D eigenvalue weighted by Crippen LogP contribution is 2.35. The van der Waals surface area contributed by atoms with Crippen molar-refractivity contribution in [1.82, 2.24) is 10.2 Å². The molecule has 1 aliphatic heterocycles. The summed E-state index contributed by atoms with van der Waals surface area (Å²) in [5, 5.41) is 12.1. The third-order valence-corrected chi connectivity index (χ3v) is 6.41. The largest absolute Gasteiger partial charge is 0.411 e. The Morgan fingerprint density at radius 3 is 2.67 bits per heavy atom. The number of para-hydroxylation sites is 1. The molecule has 3 aromatic rings. The lowest BCUT2D eigenvalue weighted by Gasteiger charge is -2.31. The molecule has 9 heteroatoms. The van der Waals surface area contributed by atoms with Gasteiger partial charge in [0.25, 0.3) is 5.22 Å². The van der Waals surface area contributed by atoms with Crippen molar-refractivity contribution < 1.29 is 9.21 Å². The molecule has 1 fully saturated rings. The van der Waals surface area contributed by atoms with Crippen LogP contribution in [-0.2, 0) is 4.79 Å². The molecule has 0 unspecified atom stereocenters. The van der Waals surface area contributed by atoms with Crippen molar-refractivity contribution in [2.24, 2.45) is 0 Å². The van der Waals surface area contributed by atoms with E-state index < -0.39 is 0 Å². The van der Waals surface area contributed by atoms with Crippen molar-refractivity contribution in [1.29, 1.82) is 0 Å². The van der Waals surface area contributed by atoms with Crippen molar-refractivity contribution in [3.63, 3.8) is 0 Å². The van der Waals surface area contributed by atoms with Gasteiger partial charge >= 0.3 is 0 Å². The average Bonchev–Trinajstić information content (AvgIpc) is 3.23. The van der Waals surface area contributed by atoms with Crippen molar-refractivity contribution in [3.8, 4) is 11.5 Å². The number of thioether (sulfide) groups is 1. The van der Waals surface area contributed by atoms with Gasteiger partial charge in [0.05, 0.1) is 22.2 Å². The molecule has 0 bridgehead atoms. The first kappa shape index (κ1) is 21.2. The van der Waals surface area contributed by atoms with Crippen molar-refractivity contribution >= 4 is 56.6 Å². The van der Waals surface area contributed by atoms with Gasteiger partial charge in [0.1, 0.15) is 0 Å². The van der Waals surface area contributed by atoms with Crippen molar-refractivity contribution in [2.45, 2.75) is 24.5 Å². The summed E-state index contributed by atoms with van der Waals surface area (Å²) in [7, 11) is 0. The molecule has 0 spiro atoms. The maximum absolute atomic E-state index is 12.6. The summed E-state index contributed by atoms with van der Waals surface area (Å²) in [6.45, 7) is 1.89. The number of amides is 1. The van der Waals surface area contributed by atoms with Gasteiger partial charge in [0, 0.05) is 23.1 Å². The summed E-state index contributed by atoms with van der Waals surface area (Å²) in [4.78, 5) is 14.8. The van der Waals surface area contributed by atoms with E-state index in [1.165, 1.54) is 18.2 Å². The molecule has 0 saturated carbocycles. The van der Waals surface area contributed by atoms with Crippen LogP contribution in [-0.4, -0.2) is 34.9 Å². The van der Waals surface area contributed by atoms with Gasteiger partial charge < -0.3 is 14.6 Å². The Balaban J connectivity index is 1.39. The normalized spacial score (nSPS) is 14.0. The molecular weight excluding hydrogens is 488 g/mol. The molecule has 1 amide bonds. The smallest absolute Gasteiger partial charge is 0.277 e. The molecule has 2 aromatic carbocycles. The Labute approximate surface area is 192 Å². The van der Waals surface area contributed by atoms with Gasteiger partial charge in [-0.25, -0.2) is 0 Å². The Morgan fingerprint density at radius 2 is 1.90 bits per heavy atom. The SMILES string of the molecule is O=C(CSc1nnc(-c2ccc(Br)cc2)o1)Nc1cccc(Cl)c1N1CCCCC1. The van der Waals surface area contributed by atoms with Crippen LogP contribution in [0.1, 0.15) is 19.3 Å². The highest BCUT2D eigenvalue weighted by molar-refractivity contribution is 9.10. The summed E-state index contributed by atoms with van der Waals surface area (Å²) in [5.41, 5.74) is 2.45. The minimum absolute atomic E-state index is 0.149. The molecule has 1 aromatic heterocycles. The lowest BCUT2D eigenvalue weighted by atomic mass is 10.1. The summed E-state index contributed by atoms with van der Waals surface area (Å²) >= 11 is 11.1. The number of carbonyl (C=O) groups is 1. The Bertz CT molecular complexity index is 1020. The van der Waals surface area contributed by atoms with E-state index in [0.717, 1.165) is 47.3 Å². The molecule has 1 saturated heterocycles. The first-order valence-corrected chi connectivity index (χ1v) is 11.8. The average molecular weight is 508 g/mol. The van der Waals surface area contributed by atoms with E-state index in [2.05, 4.69) is 36.3 Å². The molecular formula is C21H20BrClN4O2S. The first-order chi connectivity index (χ1) is 14.6. The Morgan fingerprint density at radius 1 is 1.13 bits per heavy atom. The number of nitrogens with zero attached hydrogens (tertiary/aromatic N) is 3. The Hall–Kier alpha value is -2.03. The molecule has 30 heavy (non-hydrogen) atoms. The van der Waals surface area contributed by atoms with Gasteiger partial charge in [-0.05, 0) is 55.7 Å². The quantitative estimate of drug-likeness (QED) is 0.421. The van der Waals surface area contributed by atoms with Crippen molar-refractivity contribution in [2.75, 3.05) is 29.1 Å². The van der Waals surface area contributed by atoms with E-state index in [-0.39, 0.29) is 11.7 Å². The van der Waals surface area contributed by atoms with Crippen LogP contribution < -0.4 is 10.2 Å². The standard InChI is InChI=1S/C21H20BrClN4O2S/c22-15-9-7-14(8-10-15)20-25-26-21(29-20)30-13-18(28)24-17-6-4-5-16(23)19(17)27-11-2-1-3-12-27/h4-10H,1-3,11-13H2,(H,24,28). The molecule has 1 aliphatic rings. The molecule has 1 N–H and O–H groups in total. The summed E-state index contributed by atoms with van der Waals surface area (Å²) in [5.74, 6) is 0.435. The van der Waals surface area contributed by atoms with Crippen LogP contribution in [0.3, 0.4) is 0 Å². The second-order valence-corrected chi connectivity index (χ2v) is 9.15. The zero-order chi connectivity index (χ0) is 20.9.